The van der Waals surface area contributed by atoms with E-state index in [1.165, 1.54) is 6.07 Å². The van der Waals surface area contributed by atoms with Gasteiger partial charge in [0.1, 0.15) is 5.69 Å². The molecule has 0 aliphatic carbocycles. The van der Waals surface area contributed by atoms with Crippen LogP contribution >= 0.6 is 0 Å². The molecule has 1 aromatic heterocycles. The van der Waals surface area contributed by atoms with Crippen molar-refractivity contribution in [3.8, 4) is 0 Å². The van der Waals surface area contributed by atoms with Gasteiger partial charge in [0.2, 0.25) is 0 Å². The first-order chi connectivity index (χ1) is 6.45. The molecule has 0 atom stereocenters. The summed E-state index contributed by atoms with van der Waals surface area (Å²) in [4.78, 5) is 6.73. The van der Waals surface area contributed by atoms with E-state index >= 15 is 0 Å². The van der Waals surface area contributed by atoms with Crippen LogP contribution in [-0.2, 0) is 6.18 Å². The van der Waals surface area contributed by atoms with Gasteiger partial charge in [-0.05, 0) is 18.9 Å². The summed E-state index contributed by atoms with van der Waals surface area (Å²) >= 11 is 0. The van der Waals surface area contributed by atoms with E-state index in [0.717, 1.165) is 12.3 Å². The third-order valence-electron chi connectivity index (χ3n) is 1.58. The van der Waals surface area contributed by atoms with E-state index in [9.17, 15) is 13.2 Å². The molecule has 0 unspecified atom stereocenters. The zero-order chi connectivity index (χ0) is 10.8. The molecule has 2 nitrogen and oxygen atoms in total. The summed E-state index contributed by atoms with van der Waals surface area (Å²) in [6, 6.07) is 2.14. The van der Waals surface area contributed by atoms with Crippen LogP contribution in [0.3, 0.4) is 0 Å². The second-order valence-corrected chi connectivity index (χ2v) is 2.53. The lowest BCUT2D eigenvalue weighted by Crippen LogP contribution is -2.07. The van der Waals surface area contributed by atoms with Crippen molar-refractivity contribution in [2.24, 2.45) is 4.99 Å². The highest BCUT2D eigenvalue weighted by molar-refractivity contribution is 5.65. The number of nitrogens with zero attached hydrogens (tertiary/aromatic N) is 2. The van der Waals surface area contributed by atoms with Gasteiger partial charge in [-0.15, -0.1) is 0 Å². The van der Waals surface area contributed by atoms with Gasteiger partial charge in [-0.25, -0.2) is 0 Å². The first-order valence-electron chi connectivity index (χ1n) is 3.64. The molecule has 0 N–H and O–H groups in total. The van der Waals surface area contributed by atoms with Crippen molar-refractivity contribution in [3.05, 3.63) is 36.2 Å². The van der Waals surface area contributed by atoms with Gasteiger partial charge in [0.15, 0.2) is 0 Å². The van der Waals surface area contributed by atoms with Gasteiger partial charge in [0.25, 0.3) is 0 Å². The van der Waals surface area contributed by atoms with Gasteiger partial charge in [-0.2, -0.15) is 13.2 Å². The first-order valence-corrected chi connectivity index (χ1v) is 3.64. The Morgan fingerprint density at radius 2 is 2.00 bits per heavy atom. The minimum absolute atomic E-state index is 0.297. The monoisotopic (exact) mass is 200 g/mol. The minimum atomic E-state index is -4.42. The fourth-order valence-corrected chi connectivity index (χ4v) is 0.824. The molecule has 1 heterocycles. The van der Waals surface area contributed by atoms with E-state index in [1.54, 1.807) is 0 Å². The van der Waals surface area contributed by atoms with Crippen molar-refractivity contribution in [1.82, 2.24) is 4.98 Å². The predicted molar refractivity (Wildman–Crippen MR) is 47.8 cm³/mol. The molecule has 0 radical (unpaired) electrons. The molecule has 0 bridgehead atoms. The zero-order valence-corrected chi connectivity index (χ0v) is 7.17. The second-order valence-electron chi connectivity index (χ2n) is 2.53. The van der Waals surface area contributed by atoms with E-state index in [2.05, 4.69) is 23.3 Å². The van der Waals surface area contributed by atoms with Gasteiger partial charge in [-0.3, -0.25) is 9.98 Å². The molecular formula is C9H7F3N2. The van der Waals surface area contributed by atoms with E-state index in [4.69, 9.17) is 0 Å². The Bertz CT molecular complexity index is 351. The number of hydrogen-bond donors (Lipinski definition) is 0. The first kappa shape index (κ1) is 10.4. The van der Waals surface area contributed by atoms with Crippen molar-refractivity contribution in [2.45, 2.75) is 6.18 Å². The summed E-state index contributed by atoms with van der Waals surface area (Å²) in [5, 5.41) is 0. The average Bonchev–Trinajstić information content (AvgIpc) is 2.15. The van der Waals surface area contributed by atoms with Gasteiger partial charge < -0.3 is 0 Å². The number of aromatic nitrogens is 1. The van der Waals surface area contributed by atoms with Crippen molar-refractivity contribution < 1.29 is 13.2 Å². The number of halogens is 3. The zero-order valence-electron chi connectivity index (χ0n) is 7.17. The van der Waals surface area contributed by atoms with Crippen LogP contribution in [0, 0.1) is 0 Å². The fourth-order valence-electron chi connectivity index (χ4n) is 0.824. The van der Waals surface area contributed by atoms with Crippen LogP contribution in [0.4, 0.5) is 13.2 Å². The molecule has 0 amide bonds. The van der Waals surface area contributed by atoms with Crippen LogP contribution in [0.2, 0.25) is 0 Å². The molecule has 74 valence electrons. The van der Waals surface area contributed by atoms with Crippen LogP contribution in [0.25, 0.3) is 5.70 Å². The lowest BCUT2D eigenvalue weighted by Gasteiger charge is -2.05. The van der Waals surface area contributed by atoms with Crippen LogP contribution in [0.1, 0.15) is 11.3 Å². The summed E-state index contributed by atoms with van der Waals surface area (Å²) in [6.45, 7) is 6.69. The summed E-state index contributed by atoms with van der Waals surface area (Å²) in [5.41, 5.74) is -0.211. The fraction of sp³-hybridized carbons (Fsp3) is 0.111. The predicted octanol–water partition coefficient (Wildman–Crippen LogP) is 2.77. The third-order valence-corrected chi connectivity index (χ3v) is 1.58. The Hall–Kier alpha value is -1.65. The number of alkyl halides is 3. The molecule has 0 aliphatic heterocycles. The SMILES string of the molecule is C=NC(=C)c1ccc(C(F)(F)F)nc1. The Morgan fingerprint density at radius 3 is 2.36 bits per heavy atom. The second kappa shape index (κ2) is 3.61. The molecule has 1 rings (SSSR count). The molecular weight excluding hydrogens is 193 g/mol. The van der Waals surface area contributed by atoms with Gasteiger partial charge in [0, 0.05) is 11.8 Å². The van der Waals surface area contributed by atoms with Crippen molar-refractivity contribution >= 4 is 12.4 Å². The molecule has 5 heteroatoms. The van der Waals surface area contributed by atoms with Crippen molar-refractivity contribution in [2.75, 3.05) is 0 Å². The van der Waals surface area contributed by atoms with Crippen LogP contribution in [-0.4, -0.2) is 11.7 Å². The maximum atomic E-state index is 12.1. The van der Waals surface area contributed by atoms with Crippen LogP contribution in [0.15, 0.2) is 29.9 Å². The highest BCUT2D eigenvalue weighted by atomic mass is 19.4. The molecule has 1 aromatic rings. The largest absolute Gasteiger partial charge is 0.433 e. The average molecular weight is 200 g/mol. The number of aliphatic imine (C=N–C) groups is 1. The Labute approximate surface area is 78.8 Å². The number of rotatable bonds is 2. The molecule has 0 aromatic carbocycles. The Balaban J connectivity index is 3.00. The quantitative estimate of drug-likeness (QED) is 0.674. The topological polar surface area (TPSA) is 25.2 Å². The van der Waals surface area contributed by atoms with Crippen LogP contribution in [0.5, 0.6) is 0 Å². The Morgan fingerprint density at radius 1 is 1.36 bits per heavy atom. The third kappa shape index (κ3) is 2.18. The summed E-state index contributed by atoms with van der Waals surface area (Å²) in [7, 11) is 0. The summed E-state index contributed by atoms with van der Waals surface area (Å²) in [5.74, 6) is 0. The summed E-state index contributed by atoms with van der Waals surface area (Å²) in [6.07, 6.45) is -3.35. The van der Waals surface area contributed by atoms with E-state index < -0.39 is 11.9 Å². The van der Waals surface area contributed by atoms with Gasteiger partial charge in [-0.1, -0.05) is 6.58 Å². The lowest BCUT2D eigenvalue weighted by atomic mass is 10.2. The molecule has 0 saturated carbocycles. The van der Waals surface area contributed by atoms with E-state index in [0.29, 0.717) is 11.3 Å². The molecule has 0 fully saturated rings. The lowest BCUT2D eigenvalue weighted by molar-refractivity contribution is -0.141. The molecule has 0 spiro atoms. The smallest absolute Gasteiger partial charge is 0.265 e. The molecule has 0 saturated heterocycles. The van der Waals surface area contributed by atoms with E-state index in [1.807, 2.05) is 0 Å². The highest BCUT2D eigenvalue weighted by Gasteiger charge is 2.31. The van der Waals surface area contributed by atoms with Crippen molar-refractivity contribution in [1.29, 1.82) is 0 Å². The van der Waals surface area contributed by atoms with Gasteiger partial charge >= 0.3 is 6.18 Å². The van der Waals surface area contributed by atoms with Crippen LogP contribution < -0.4 is 0 Å². The standard InChI is InChI=1S/C9H7F3N2/c1-6(13-2)7-3-4-8(14-5-7)9(10,11)12/h3-5H,1-2H2. The van der Waals surface area contributed by atoms with Crippen molar-refractivity contribution in [3.63, 3.8) is 0 Å². The molecule has 0 aliphatic rings. The highest BCUT2D eigenvalue weighted by Crippen LogP contribution is 2.27. The minimum Gasteiger partial charge on any atom is -0.265 e. The number of pyridine rings is 1. The van der Waals surface area contributed by atoms with Gasteiger partial charge in [0.05, 0.1) is 5.70 Å². The summed E-state index contributed by atoms with van der Waals surface area (Å²) < 4.78 is 36.2. The number of hydrogen-bond acceptors (Lipinski definition) is 2. The Kier molecular flexibility index (Phi) is 2.69. The molecule has 14 heavy (non-hydrogen) atoms. The van der Waals surface area contributed by atoms with E-state index in [-0.39, 0.29) is 0 Å². The maximum Gasteiger partial charge on any atom is 0.433 e. The maximum absolute atomic E-state index is 12.1. The normalized spacial score (nSPS) is 11.1.